The van der Waals surface area contributed by atoms with Crippen LogP contribution in [-0.2, 0) is 6.42 Å². The zero-order chi connectivity index (χ0) is 16.2. The van der Waals surface area contributed by atoms with Crippen LogP contribution in [0.3, 0.4) is 0 Å². The van der Waals surface area contributed by atoms with Crippen molar-refractivity contribution in [3.63, 3.8) is 0 Å². The highest BCUT2D eigenvalue weighted by molar-refractivity contribution is 6.00. The second kappa shape index (κ2) is 6.97. The summed E-state index contributed by atoms with van der Waals surface area (Å²) in [5.41, 5.74) is 4.44. The van der Waals surface area contributed by atoms with Crippen molar-refractivity contribution in [2.75, 3.05) is 11.9 Å². The van der Waals surface area contributed by atoms with Gasteiger partial charge in [-0.3, -0.25) is 4.79 Å². The number of anilines is 1. The smallest absolute Gasteiger partial charge is 0.179 e. The second-order valence-corrected chi connectivity index (χ2v) is 6.17. The molecule has 120 valence electrons. The van der Waals surface area contributed by atoms with E-state index >= 15 is 0 Å². The Morgan fingerprint density at radius 1 is 1.22 bits per heavy atom. The van der Waals surface area contributed by atoms with Gasteiger partial charge in [-0.15, -0.1) is 0 Å². The first kappa shape index (κ1) is 15.8. The minimum absolute atomic E-state index is 0.154. The highest BCUT2D eigenvalue weighted by Gasteiger charge is 2.22. The summed E-state index contributed by atoms with van der Waals surface area (Å²) in [6, 6.07) is 16.3. The van der Waals surface area contributed by atoms with Crippen LogP contribution in [0.1, 0.15) is 47.8 Å². The van der Waals surface area contributed by atoms with E-state index in [0.717, 1.165) is 24.9 Å². The van der Waals surface area contributed by atoms with E-state index in [1.165, 1.54) is 16.8 Å². The van der Waals surface area contributed by atoms with Crippen molar-refractivity contribution in [2.45, 2.75) is 38.8 Å². The van der Waals surface area contributed by atoms with Crippen LogP contribution in [0.2, 0.25) is 0 Å². The first-order valence-corrected chi connectivity index (χ1v) is 8.41. The molecule has 2 unspecified atom stereocenters. The Morgan fingerprint density at radius 3 is 2.74 bits per heavy atom. The van der Waals surface area contributed by atoms with Gasteiger partial charge in [-0.2, -0.15) is 0 Å². The topological polar surface area (TPSA) is 41.1 Å². The van der Waals surface area contributed by atoms with Crippen LogP contribution in [-0.4, -0.2) is 18.4 Å². The molecule has 23 heavy (non-hydrogen) atoms. The van der Waals surface area contributed by atoms with E-state index in [9.17, 15) is 4.79 Å². The Morgan fingerprint density at radius 2 is 2.00 bits per heavy atom. The number of rotatable bonds is 6. The highest BCUT2D eigenvalue weighted by Crippen LogP contribution is 2.24. The molecule has 0 bridgehead atoms. The predicted molar refractivity (Wildman–Crippen MR) is 95.0 cm³/mol. The molecule has 2 aromatic rings. The molecule has 2 N–H and O–H groups in total. The van der Waals surface area contributed by atoms with Crippen molar-refractivity contribution in [1.82, 2.24) is 5.32 Å². The maximum absolute atomic E-state index is 12.9. The molecule has 1 aliphatic heterocycles. The van der Waals surface area contributed by atoms with Gasteiger partial charge >= 0.3 is 0 Å². The largest absolute Gasteiger partial charge is 0.384 e. The molecule has 3 heteroatoms. The first-order chi connectivity index (χ1) is 11.2. The van der Waals surface area contributed by atoms with Crippen molar-refractivity contribution in [3.8, 4) is 0 Å². The summed E-state index contributed by atoms with van der Waals surface area (Å²) in [4.78, 5) is 12.9. The number of hydrogen-bond donors (Lipinski definition) is 2. The van der Waals surface area contributed by atoms with E-state index in [1.807, 2.05) is 30.3 Å². The molecule has 3 nitrogen and oxygen atoms in total. The average Bonchev–Trinajstić information content (AvgIpc) is 3.07. The Labute approximate surface area is 138 Å². The second-order valence-electron chi connectivity index (χ2n) is 6.17. The van der Waals surface area contributed by atoms with Gasteiger partial charge in [-0.25, -0.2) is 0 Å². The van der Waals surface area contributed by atoms with E-state index in [-0.39, 0.29) is 17.9 Å². The lowest BCUT2D eigenvalue weighted by atomic mass is 9.98. The molecule has 0 saturated heterocycles. The highest BCUT2D eigenvalue weighted by atomic mass is 16.1. The molecule has 0 fully saturated rings. The molecule has 0 aliphatic carbocycles. The monoisotopic (exact) mass is 308 g/mol. The van der Waals surface area contributed by atoms with Crippen LogP contribution in [0.4, 0.5) is 5.69 Å². The molecule has 0 amide bonds. The summed E-state index contributed by atoms with van der Waals surface area (Å²) in [7, 11) is 0. The van der Waals surface area contributed by atoms with E-state index < -0.39 is 0 Å². The third-order valence-electron chi connectivity index (χ3n) is 4.58. The fraction of sp³-hybridized carbons (Fsp3) is 0.350. The van der Waals surface area contributed by atoms with Crippen molar-refractivity contribution in [3.05, 3.63) is 65.2 Å². The van der Waals surface area contributed by atoms with Crippen molar-refractivity contribution in [1.29, 1.82) is 0 Å². The van der Waals surface area contributed by atoms with Gasteiger partial charge in [-0.05, 0) is 49.1 Å². The standard InChI is InChI=1S/C20H24N2O/c1-3-18(22-14(2)15-7-5-4-6-8-15)20(23)17-9-10-19-16(13-17)11-12-21-19/h4-10,13-14,18,21-22H,3,11-12H2,1-2H3. The molecule has 0 radical (unpaired) electrons. The summed E-state index contributed by atoms with van der Waals surface area (Å²) in [6.45, 7) is 5.13. The molecule has 0 saturated carbocycles. The summed E-state index contributed by atoms with van der Waals surface area (Å²) in [6.07, 6.45) is 1.78. The number of carbonyl (C=O) groups excluding carboxylic acids is 1. The van der Waals surface area contributed by atoms with E-state index in [4.69, 9.17) is 0 Å². The summed E-state index contributed by atoms with van der Waals surface area (Å²) in [5, 5.41) is 6.82. The number of benzene rings is 2. The van der Waals surface area contributed by atoms with Crippen LogP contribution in [0, 0.1) is 0 Å². The third kappa shape index (κ3) is 3.45. The molecule has 2 atom stereocenters. The van der Waals surface area contributed by atoms with Crippen molar-refractivity contribution in [2.24, 2.45) is 0 Å². The molecule has 0 spiro atoms. The van der Waals surface area contributed by atoms with Crippen LogP contribution in [0.15, 0.2) is 48.5 Å². The Balaban J connectivity index is 1.74. The fourth-order valence-corrected chi connectivity index (χ4v) is 3.18. The predicted octanol–water partition coefficient (Wildman–Crippen LogP) is 3.97. The van der Waals surface area contributed by atoms with E-state index in [2.05, 4.69) is 42.7 Å². The van der Waals surface area contributed by atoms with Crippen molar-refractivity contribution >= 4 is 11.5 Å². The number of Topliss-reactive ketones (excluding diaryl/α,β-unsaturated/α-hetero) is 1. The minimum atomic E-state index is -0.155. The summed E-state index contributed by atoms with van der Waals surface area (Å²) in [5.74, 6) is 0.185. The molecule has 3 rings (SSSR count). The maximum atomic E-state index is 12.9. The lowest BCUT2D eigenvalue weighted by Crippen LogP contribution is -2.38. The van der Waals surface area contributed by atoms with Crippen LogP contribution in [0.5, 0.6) is 0 Å². The number of fused-ring (bicyclic) bond motifs is 1. The van der Waals surface area contributed by atoms with Gasteiger partial charge in [0.2, 0.25) is 0 Å². The van der Waals surface area contributed by atoms with Gasteiger partial charge in [0, 0.05) is 23.8 Å². The summed E-state index contributed by atoms with van der Waals surface area (Å²) < 4.78 is 0. The molecule has 0 aromatic heterocycles. The van der Waals surface area contributed by atoms with Gasteiger partial charge in [0.15, 0.2) is 5.78 Å². The average molecular weight is 308 g/mol. The Hall–Kier alpha value is -2.13. The number of carbonyl (C=O) groups is 1. The molecular formula is C20H24N2O. The van der Waals surface area contributed by atoms with Crippen LogP contribution in [0.25, 0.3) is 0 Å². The zero-order valence-corrected chi connectivity index (χ0v) is 13.8. The number of ketones is 1. The maximum Gasteiger partial charge on any atom is 0.179 e. The molecule has 1 aliphatic rings. The molecule has 2 aromatic carbocycles. The van der Waals surface area contributed by atoms with Gasteiger partial charge in [-0.1, -0.05) is 37.3 Å². The lowest BCUT2D eigenvalue weighted by molar-refractivity contribution is 0.0934. The molecular weight excluding hydrogens is 284 g/mol. The Bertz CT molecular complexity index is 681. The van der Waals surface area contributed by atoms with E-state index in [1.54, 1.807) is 0 Å². The van der Waals surface area contributed by atoms with Gasteiger partial charge in [0.1, 0.15) is 0 Å². The van der Waals surface area contributed by atoms with Gasteiger partial charge in [0.25, 0.3) is 0 Å². The van der Waals surface area contributed by atoms with Crippen LogP contribution >= 0.6 is 0 Å². The summed E-state index contributed by atoms with van der Waals surface area (Å²) >= 11 is 0. The quantitative estimate of drug-likeness (QED) is 0.794. The fourth-order valence-electron chi connectivity index (χ4n) is 3.18. The van der Waals surface area contributed by atoms with Crippen LogP contribution < -0.4 is 10.6 Å². The van der Waals surface area contributed by atoms with Crippen molar-refractivity contribution < 1.29 is 4.79 Å². The Kier molecular flexibility index (Phi) is 4.77. The van der Waals surface area contributed by atoms with Gasteiger partial charge in [0.05, 0.1) is 6.04 Å². The number of nitrogens with one attached hydrogen (secondary N) is 2. The first-order valence-electron chi connectivity index (χ1n) is 8.41. The lowest BCUT2D eigenvalue weighted by Gasteiger charge is -2.22. The number of hydrogen-bond acceptors (Lipinski definition) is 3. The van der Waals surface area contributed by atoms with E-state index in [0.29, 0.717) is 0 Å². The minimum Gasteiger partial charge on any atom is -0.384 e. The zero-order valence-electron chi connectivity index (χ0n) is 13.8. The third-order valence-corrected chi connectivity index (χ3v) is 4.58. The SMILES string of the molecule is CCC(NC(C)c1ccccc1)C(=O)c1ccc2c(c1)CCN2. The molecule has 1 heterocycles. The normalized spacial score (nSPS) is 15.6. The van der Waals surface area contributed by atoms with Gasteiger partial charge < -0.3 is 10.6 Å².